The van der Waals surface area contributed by atoms with Crippen LogP contribution >= 0.6 is 11.3 Å². The Morgan fingerprint density at radius 1 is 1.50 bits per heavy atom. The summed E-state index contributed by atoms with van der Waals surface area (Å²) in [5.74, 6) is 0. The number of thiophene rings is 1. The molecule has 1 fully saturated rings. The highest BCUT2D eigenvalue weighted by atomic mass is 32.1. The van der Waals surface area contributed by atoms with E-state index in [0.717, 1.165) is 19.7 Å². The van der Waals surface area contributed by atoms with E-state index in [1.807, 2.05) is 0 Å². The highest BCUT2D eigenvalue weighted by Crippen LogP contribution is 2.32. The summed E-state index contributed by atoms with van der Waals surface area (Å²) < 4.78 is 6.09. The molecule has 0 radical (unpaired) electrons. The minimum atomic E-state index is 0.250. The van der Waals surface area contributed by atoms with Crippen molar-refractivity contribution in [3.63, 3.8) is 0 Å². The summed E-state index contributed by atoms with van der Waals surface area (Å²) in [7, 11) is 0. The first-order valence-corrected chi connectivity index (χ1v) is 7.03. The quantitative estimate of drug-likeness (QED) is 0.874. The molecule has 0 amide bonds. The molecule has 3 heteroatoms. The molecule has 0 spiro atoms. The van der Waals surface area contributed by atoms with E-state index in [9.17, 15) is 0 Å². The maximum Gasteiger partial charge on any atom is 0.104 e. The van der Waals surface area contributed by atoms with E-state index in [4.69, 9.17) is 4.74 Å². The molecule has 1 aromatic rings. The van der Waals surface area contributed by atoms with Gasteiger partial charge < -0.3 is 10.1 Å². The van der Waals surface area contributed by atoms with Crippen LogP contribution in [0, 0.1) is 5.41 Å². The zero-order valence-corrected chi connectivity index (χ0v) is 11.0. The Bertz CT molecular complexity index is 306. The number of hydrogen-bond donors (Lipinski definition) is 1. The van der Waals surface area contributed by atoms with Crippen molar-refractivity contribution in [2.24, 2.45) is 5.41 Å². The molecule has 90 valence electrons. The van der Waals surface area contributed by atoms with Crippen LogP contribution in [0.4, 0.5) is 0 Å². The molecule has 0 aromatic carbocycles. The summed E-state index contributed by atoms with van der Waals surface area (Å²) in [6.45, 7) is 7.44. The average Bonchev–Trinajstić information content (AvgIpc) is 2.76. The lowest BCUT2D eigenvalue weighted by atomic mass is 9.83. The summed E-state index contributed by atoms with van der Waals surface area (Å²) in [5, 5.41) is 5.68. The van der Waals surface area contributed by atoms with Crippen LogP contribution in [0.25, 0.3) is 0 Å². The second kappa shape index (κ2) is 5.30. The fourth-order valence-corrected chi connectivity index (χ4v) is 2.99. The molecule has 16 heavy (non-hydrogen) atoms. The highest BCUT2D eigenvalue weighted by molar-refractivity contribution is 7.10. The average molecular weight is 239 g/mol. The standard InChI is InChI=1S/C13H21NOS/c1-3-13(4-2)9-14-8-11(15-10-13)12-6-5-7-16-12/h5-7,11,14H,3-4,8-10H2,1-2H3. The first kappa shape index (κ1) is 12.1. The zero-order valence-electron chi connectivity index (χ0n) is 10.2. The van der Waals surface area contributed by atoms with Crippen LogP contribution in [-0.4, -0.2) is 19.7 Å². The van der Waals surface area contributed by atoms with Crippen molar-refractivity contribution in [2.45, 2.75) is 32.8 Å². The number of ether oxygens (including phenoxy) is 1. The van der Waals surface area contributed by atoms with E-state index < -0.39 is 0 Å². The van der Waals surface area contributed by atoms with E-state index in [1.54, 1.807) is 11.3 Å². The van der Waals surface area contributed by atoms with Crippen LogP contribution in [0.15, 0.2) is 17.5 Å². The van der Waals surface area contributed by atoms with Gasteiger partial charge in [-0.1, -0.05) is 19.9 Å². The van der Waals surface area contributed by atoms with Gasteiger partial charge in [-0.15, -0.1) is 11.3 Å². The Morgan fingerprint density at radius 2 is 2.31 bits per heavy atom. The summed E-state index contributed by atoms with van der Waals surface area (Å²) in [4.78, 5) is 1.34. The minimum Gasteiger partial charge on any atom is -0.371 e. The predicted octanol–water partition coefficient (Wildman–Crippen LogP) is 3.22. The molecule has 0 aliphatic carbocycles. The molecule has 2 nitrogen and oxygen atoms in total. The molecule has 1 unspecified atom stereocenters. The third-order valence-electron chi connectivity index (χ3n) is 3.78. The van der Waals surface area contributed by atoms with Crippen LogP contribution in [0.1, 0.15) is 37.7 Å². The van der Waals surface area contributed by atoms with Gasteiger partial charge in [0.05, 0.1) is 6.61 Å². The Morgan fingerprint density at radius 3 is 2.94 bits per heavy atom. The molecular weight excluding hydrogens is 218 g/mol. The van der Waals surface area contributed by atoms with Gasteiger partial charge in [-0.25, -0.2) is 0 Å². The van der Waals surface area contributed by atoms with Crippen LogP contribution in [0.3, 0.4) is 0 Å². The second-order valence-corrected chi connectivity index (χ2v) is 5.63. The van der Waals surface area contributed by atoms with E-state index in [2.05, 4.69) is 36.7 Å². The van der Waals surface area contributed by atoms with Crippen LogP contribution < -0.4 is 5.32 Å². The molecule has 0 bridgehead atoms. The Balaban J connectivity index is 2.03. The van der Waals surface area contributed by atoms with Gasteiger partial charge in [0.1, 0.15) is 6.10 Å². The number of rotatable bonds is 3. The number of hydrogen-bond acceptors (Lipinski definition) is 3. The first-order valence-electron chi connectivity index (χ1n) is 6.15. The van der Waals surface area contributed by atoms with Crippen molar-refractivity contribution in [1.82, 2.24) is 5.32 Å². The summed E-state index contributed by atoms with van der Waals surface area (Å²) in [5.41, 5.74) is 0.339. The summed E-state index contributed by atoms with van der Waals surface area (Å²) in [6, 6.07) is 4.27. The molecule has 1 aliphatic heterocycles. The van der Waals surface area contributed by atoms with Crippen LogP contribution in [0.2, 0.25) is 0 Å². The fourth-order valence-electron chi connectivity index (χ4n) is 2.22. The van der Waals surface area contributed by atoms with Gasteiger partial charge in [0, 0.05) is 23.4 Å². The van der Waals surface area contributed by atoms with Crippen molar-refractivity contribution in [3.8, 4) is 0 Å². The second-order valence-electron chi connectivity index (χ2n) is 4.65. The lowest BCUT2D eigenvalue weighted by Crippen LogP contribution is -2.34. The fraction of sp³-hybridized carbons (Fsp3) is 0.692. The van der Waals surface area contributed by atoms with Gasteiger partial charge >= 0.3 is 0 Å². The van der Waals surface area contributed by atoms with E-state index in [0.29, 0.717) is 5.41 Å². The lowest BCUT2D eigenvalue weighted by molar-refractivity contribution is 0.0119. The predicted molar refractivity (Wildman–Crippen MR) is 68.9 cm³/mol. The first-order chi connectivity index (χ1) is 7.79. The van der Waals surface area contributed by atoms with E-state index in [-0.39, 0.29) is 6.10 Å². The molecule has 1 atom stereocenters. The maximum atomic E-state index is 6.09. The summed E-state index contributed by atoms with van der Waals surface area (Å²) in [6.07, 6.45) is 2.63. The van der Waals surface area contributed by atoms with Gasteiger partial charge in [-0.2, -0.15) is 0 Å². The monoisotopic (exact) mass is 239 g/mol. The SMILES string of the molecule is CCC1(CC)CNCC(c2cccs2)OC1. The van der Waals surface area contributed by atoms with Gasteiger partial charge in [-0.3, -0.25) is 0 Å². The topological polar surface area (TPSA) is 21.3 Å². The van der Waals surface area contributed by atoms with Crippen molar-refractivity contribution in [2.75, 3.05) is 19.7 Å². The Hall–Kier alpha value is -0.380. The molecule has 1 saturated heterocycles. The van der Waals surface area contributed by atoms with E-state index >= 15 is 0 Å². The lowest BCUT2D eigenvalue weighted by Gasteiger charge is -2.29. The van der Waals surface area contributed by atoms with Gasteiger partial charge in [0.25, 0.3) is 0 Å². The molecule has 1 N–H and O–H groups in total. The van der Waals surface area contributed by atoms with Gasteiger partial charge in [0.15, 0.2) is 0 Å². The van der Waals surface area contributed by atoms with Crippen molar-refractivity contribution >= 4 is 11.3 Å². The smallest absolute Gasteiger partial charge is 0.104 e. The molecular formula is C13H21NOS. The molecule has 2 rings (SSSR count). The van der Waals surface area contributed by atoms with E-state index in [1.165, 1.54) is 17.7 Å². The maximum absolute atomic E-state index is 6.09. The zero-order chi connectivity index (χ0) is 11.4. The Labute approximate surface area is 102 Å². The highest BCUT2D eigenvalue weighted by Gasteiger charge is 2.31. The largest absolute Gasteiger partial charge is 0.371 e. The third-order valence-corrected chi connectivity index (χ3v) is 4.75. The van der Waals surface area contributed by atoms with Crippen LogP contribution in [0.5, 0.6) is 0 Å². The summed E-state index contributed by atoms with van der Waals surface area (Å²) >= 11 is 1.79. The van der Waals surface area contributed by atoms with Crippen LogP contribution in [-0.2, 0) is 4.74 Å². The normalized spacial score (nSPS) is 25.2. The third kappa shape index (κ3) is 2.47. The minimum absolute atomic E-state index is 0.250. The van der Waals surface area contributed by atoms with Gasteiger partial charge in [-0.05, 0) is 24.3 Å². The Kier molecular flexibility index (Phi) is 4.00. The number of nitrogens with one attached hydrogen (secondary N) is 1. The van der Waals surface area contributed by atoms with Crippen molar-refractivity contribution in [3.05, 3.63) is 22.4 Å². The molecule has 1 aromatic heterocycles. The molecule has 2 heterocycles. The van der Waals surface area contributed by atoms with Crippen molar-refractivity contribution in [1.29, 1.82) is 0 Å². The van der Waals surface area contributed by atoms with Crippen molar-refractivity contribution < 1.29 is 4.74 Å². The van der Waals surface area contributed by atoms with Gasteiger partial charge in [0.2, 0.25) is 0 Å². The molecule has 1 aliphatic rings. The molecule has 0 saturated carbocycles.